The van der Waals surface area contributed by atoms with E-state index in [9.17, 15) is 14.4 Å². The van der Waals surface area contributed by atoms with Gasteiger partial charge in [-0.15, -0.1) is 0 Å². The van der Waals surface area contributed by atoms with Gasteiger partial charge in [0.15, 0.2) is 0 Å². The van der Waals surface area contributed by atoms with Gasteiger partial charge in [0.05, 0.1) is 17.9 Å². The summed E-state index contributed by atoms with van der Waals surface area (Å²) in [4.78, 5) is 41.9. The molecule has 0 unspecified atom stereocenters. The van der Waals surface area contributed by atoms with E-state index >= 15 is 0 Å². The number of hydrogen-bond donors (Lipinski definition) is 1. The molecule has 0 spiro atoms. The summed E-state index contributed by atoms with van der Waals surface area (Å²) in [5, 5.41) is 2.73. The van der Waals surface area contributed by atoms with E-state index in [0.717, 1.165) is 25.9 Å². The van der Waals surface area contributed by atoms with Crippen molar-refractivity contribution in [1.82, 2.24) is 4.90 Å². The minimum Gasteiger partial charge on any atom is -0.494 e. The average molecular weight is 448 g/mol. The Morgan fingerprint density at radius 3 is 2.21 bits per heavy atom. The molecule has 7 nitrogen and oxygen atoms in total. The maximum Gasteiger partial charge on any atom is 0.282 e. The first-order chi connectivity index (χ1) is 15.9. The van der Waals surface area contributed by atoms with Crippen LogP contribution in [-0.4, -0.2) is 42.3 Å². The summed E-state index contributed by atoms with van der Waals surface area (Å²) in [7, 11) is 0. The molecule has 172 valence electrons. The molecule has 2 heterocycles. The molecule has 2 aliphatic heterocycles. The van der Waals surface area contributed by atoms with E-state index in [-0.39, 0.29) is 17.7 Å². The number of nitrogens with one attached hydrogen (secondary N) is 1. The molecule has 4 rings (SSSR count). The van der Waals surface area contributed by atoms with Gasteiger partial charge in [0.2, 0.25) is 5.91 Å². The predicted octanol–water partition coefficient (Wildman–Crippen LogP) is 4.06. The number of anilines is 2. The second-order valence-corrected chi connectivity index (χ2v) is 8.52. The van der Waals surface area contributed by atoms with Crippen LogP contribution in [0.25, 0.3) is 5.57 Å². The van der Waals surface area contributed by atoms with Crippen molar-refractivity contribution in [2.24, 2.45) is 5.92 Å². The van der Waals surface area contributed by atoms with Gasteiger partial charge in [0.1, 0.15) is 11.4 Å². The zero-order valence-electron chi connectivity index (χ0n) is 19.3. The second-order valence-electron chi connectivity index (χ2n) is 8.52. The van der Waals surface area contributed by atoms with Crippen LogP contribution in [-0.2, 0) is 14.4 Å². The molecule has 0 bridgehead atoms. The normalized spacial score (nSPS) is 17.1. The number of nitrogens with zero attached hydrogens (tertiary/aromatic N) is 2. The monoisotopic (exact) mass is 447 g/mol. The van der Waals surface area contributed by atoms with Crippen molar-refractivity contribution in [3.63, 3.8) is 0 Å². The first kappa shape index (κ1) is 22.6. The Bertz CT molecular complexity index is 1080. The largest absolute Gasteiger partial charge is 0.494 e. The Morgan fingerprint density at radius 2 is 1.64 bits per heavy atom. The molecule has 0 atom stereocenters. The van der Waals surface area contributed by atoms with Gasteiger partial charge in [-0.1, -0.05) is 19.1 Å². The Hall–Kier alpha value is -3.61. The van der Waals surface area contributed by atoms with Crippen molar-refractivity contribution in [2.45, 2.75) is 33.6 Å². The van der Waals surface area contributed by atoms with E-state index in [1.54, 1.807) is 48.5 Å². The molecule has 3 amide bonds. The molecule has 33 heavy (non-hydrogen) atoms. The van der Waals surface area contributed by atoms with Gasteiger partial charge in [-0.05, 0) is 67.6 Å². The molecule has 7 heteroatoms. The molecule has 2 aromatic rings. The lowest BCUT2D eigenvalue weighted by atomic mass is 9.97. The van der Waals surface area contributed by atoms with Crippen molar-refractivity contribution in [1.29, 1.82) is 0 Å². The smallest absolute Gasteiger partial charge is 0.282 e. The number of rotatable bonds is 6. The number of piperidine rings is 1. The fourth-order valence-corrected chi connectivity index (χ4v) is 4.32. The molecule has 0 aliphatic carbocycles. The van der Waals surface area contributed by atoms with Gasteiger partial charge in [0.25, 0.3) is 11.8 Å². The van der Waals surface area contributed by atoms with Crippen LogP contribution >= 0.6 is 0 Å². The first-order valence-electron chi connectivity index (χ1n) is 11.4. The summed E-state index contributed by atoms with van der Waals surface area (Å²) in [5.74, 6) is 0.465. The Labute approximate surface area is 194 Å². The lowest BCUT2D eigenvalue weighted by molar-refractivity contribution is -0.121. The van der Waals surface area contributed by atoms with Crippen LogP contribution in [0.3, 0.4) is 0 Å². The summed E-state index contributed by atoms with van der Waals surface area (Å²) in [5.41, 5.74) is 2.66. The number of hydrogen-bond acceptors (Lipinski definition) is 5. The third-order valence-electron chi connectivity index (χ3n) is 6.06. The molecule has 0 saturated carbocycles. The van der Waals surface area contributed by atoms with E-state index in [0.29, 0.717) is 46.5 Å². The maximum atomic E-state index is 13.6. The Morgan fingerprint density at radius 1 is 1.00 bits per heavy atom. The summed E-state index contributed by atoms with van der Waals surface area (Å²) in [6, 6.07) is 14.1. The number of likely N-dealkylation sites (tertiary alicyclic amines) is 1. The minimum absolute atomic E-state index is 0.168. The maximum absolute atomic E-state index is 13.6. The standard InChI is InChI=1S/C26H29N3O4/c1-4-33-22-11-9-21(10-12-22)29-25(31)23(19-5-7-20(8-6-19)27-18(3)30)24(26(29)32)28-15-13-17(2)14-16-28/h5-12,17H,4,13-16H2,1-3H3,(H,27,30). The number of imide groups is 1. The molecule has 0 aromatic heterocycles. The highest BCUT2D eigenvalue weighted by Gasteiger charge is 2.43. The van der Waals surface area contributed by atoms with Crippen molar-refractivity contribution >= 4 is 34.7 Å². The Balaban J connectivity index is 1.72. The van der Waals surface area contributed by atoms with Crippen molar-refractivity contribution < 1.29 is 19.1 Å². The average Bonchev–Trinajstić information content (AvgIpc) is 3.05. The quantitative estimate of drug-likeness (QED) is 0.676. The van der Waals surface area contributed by atoms with Crippen molar-refractivity contribution in [2.75, 3.05) is 29.9 Å². The zero-order valence-corrected chi connectivity index (χ0v) is 19.3. The zero-order chi connectivity index (χ0) is 23.5. The second kappa shape index (κ2) is 9.48. The van der Waals surface area contributed by atoms with E-state index in [1.165, 1.54) is 11.8 Å². The minimum atomic E-state index is -0.343. The number of carbonyl (C=O) groups is 3. The van der Waals surface area contributed by atoms with Crippen LogP contribution in [0.15, 0.2) is 54.2 Å². The highest BCUT2D eigenvalue weighted by Crippen LogP contribution is 2.37. The van der Waals surface area contributed by atoms with Crippen LogP contribution in [0.4, 0.5) is 11.4 Å². The fourth-order valence-electron chi connectivity index (χ4n) is 4.32. The van der Waals surface area contributed by atoms with Crippen LogP contribution in [0.1, 0.15) is 39.2 Å². The third-order valence-corrected chi connectivity index (χ3v) is 6.06. The van der Waals surface area contributed by atoms with Gasteiger partial charge in [-0.3, -0.25) is 14.4 Å². The van der Waals surface area contributed by atoms with Gasteiger partial charge >= 0.3 is 0 Å². The van der Waals surface area contributed by atoms with Gasteiger partial charge in [-0.25, -0.2) is 4.90 Å². The predicted molar refractivity (Wildman–Crippen MR) is 128 cm³/mol. The van der Waals surface area contributed by atoms with Crippen LogP contribution in [0, 0.1) is 5.92 Å². The van der Waals surface area contributed by atoms with Gasteiger partial charge in [0, 0.05) is 25.7 Å². The molecule has 2 aliphatic rings. The Kier molecular flexibility index (Phi) is 6.49. The third kappa shape index (κ3) is 4.62. The van der Waals surface area contributed by atoms with Crippen LogP contribution in [0.2, 0.25) is 0 Å². The van der Waals surface area contributed by atoms with E-state index in [4.69, 9.17) is 4.74 Å². The fraction of sp³-hybridized carbons (Fsp3) is 0.346. The lowest BCUT2D eigenvalue weighted by Gasteiger charge is -2.32. The van der Waals surface area contributed by atoms with Crippen LogP contribution in [0.5, 0.6) is 5.75 Å². The van der Waals surface area contributed by atoms with E-state index in [1.807, 2.05) is 11.8 Å². The SMILES string of the molecule is CCOc1ccc(N2C(=O)C(c3ccc(NC(C)=O)cc3)=C(N3CCC(C)CC3)C2=O)cc1. The molecular weight excluding hydrogens is 418 g/mol. The van der Waals surface area contributed by atoms with Crippen molar-refractivity contribution in [3.05, 3.63) is 59.8 Å². The summed E-state index contributed by atoms with van der Waals surface area (Å²) in [6.45, 7) is 7.57. The molecule has 1 fully saturated rings. The summed E-state index contributed by atoms with van der Waals surface area (Å²) < 4.78 is 5.50. The van der Waals surface area contributed by atoms with E-state index in [2.05, 4.69) is 12.2 Å². The number of amides is 3. The molecule has 1 saturated heterocycles. The number of benzene rings is 2. The summed E-state index contributed by atoms with van der Waals surface area (Å²) in [6.07, 6.45) is 1.95. The highest BCUT2D eigenvalue weighted by atomic mass is 16.5. The number of ether oxygens (including phenoxy) is 1. The molecular formula is C26H29N3O4. The molecule has 2 aromatic carbocycles. The van der Waals surface area contributed by atoms with Crippen molar-refractivity contribution in [3.8, 4) is 5.75 Å². The van der Waals surface area contributed by atoms with Gasteiger partial charge in [-0.2, -0.15) is 0 Å². The first-order valence-corrected chi connectivity index (χ1v) is 11.4. The van der Waals surface area contributed by atoms with Gasteiger partial charge < -0.3 is 15.0 Å². The molecule has 0 radical (unpaired) electrons. The lowest BCUT2D eigenvalue weighted by Crippen LogP contribution is -2.38. The van der Waals surface area contributed by atoms with E-state index < -0.39 is 0 Å². The number of carbonyl (C=O) groups excluding carboxylic acids is 3. The molecule has 1 N–H and O–H groups in total. The summed E-state index contributed by atoms with van der Waals surface area (Å²) >= 11 is 0. The highest BCUT2D eigenvalue weighted by molar-refractivity contribution is 6.45. The topological polar surface area (TPSA) is 79.0 Å². The van der Waals surface area contributed by atoms with Crippen LogP contribution < -0.4 is 15.0 Å².